The van der Waals surface area contributed by atoms with Gasteiger partial charge in [0, 0.05) is 11.8 Å². The van der Waals surface area contributed by atoms with Gasteiger partial charge in [0.1, 0.15) is 0 Å². The zero-order valence-electron chi connectivity index (χ0n) is 7.27. The molecule has 0 aliphatic rings. The van der Waals surface area contributed by atoms with Crippen LogP contribution in [0.5, 0.6) is 0 Å². The Bertz CT molecular complexity index is 390. The van der Waals surface area contributed by atoms with E-state index in [2.05, 4.69) is 5.10 Å². The van der Waals surface area contributed by atoms with Crippen LogP contribution in [0.2, 0.25) is 0 Å². The van der Waals surface area contributed by atoms with Gasteiger partial charge in [-0.1, -0.05) is 0 Å². The molecule has 0 spiro atoms. The average molecular weight is 178 g/mol. The van der Waals surface area contributed by atoms with Crippen molar-refractivity contribution >= 4 is 0 Å². The molecule has 2 aromatic heterocycles. The Morgan fingerprint density at radius 1 is 1.62 bits per heavy atom. The quantitative estimate of drug-likeness (QED) is 0.753. The number of aryl methyl sites for hydroxylation is 1. The van der Waals surface area contributed by atoms with Crippen LogP contribution in [0.15, 0.2) is 28.9 Å². The van der Waals surface area contributed by atoms with Crippen molar-refractivity contribution < 1.29 is 9.52 Å². The van der Waals surface area contributed by atoms with Gasteiger partial charge in [0.2, 0.25) is 5.88 Å². The molecule has 0 aromatic carbocycles. The van der Waals surface area contributed by atoms with Crippen LogP contribution in [-0.2, 0) is 6.61 Å². The zero-order chi connectivity index (χ0) is 9.26. The van der Waals surface area contributed by atoms with Gasteiger partial charge in [0.15, 0.2) is 0 Å². The first-order valence-electron chi connectivity index (χ1n) is 4.01. The molecule has 68 valence electrons. The third-order valence-corrected chi connectivity index (χ3v) is 1.81. The summed E-state index contributed by atoms with van der Waals surface area (Å²) in [4.78, 5) is 0. The van der Waals surface area contributed by atoms with Crippen LogP contribution in [-0.4, -0.2) is 14.9 Å². The number of furan rings is 1. The van der Waals surface area contributed by atoms with Crippen LogP contribution >= 0.6 is 0 Å². The van der Waals surface area contributed by atoms with E-state index in [1.807, 2.05) is 19.1 Å². The highest BCUT2D eigenvalue weighted by Crippen LogP contribution is 2.11. The van der Waals surface area contributed by atoms with Crippen molar-refractivity contribution in [2.45, 2.75) is 13.5 Å². The van der Waals surface area contributed by atoms with Crippen LogP contribution in [0, 0.1) is 6.92 Å². The summed E-state index contributed by atoms with van der Waals surface area (Å²) in [5, 5.41) is 13.0. The lowest BCUT2D eigenvalue weighted by molar-refractivity contribution is 0.276. The van der Waals surface area contributed by atoms with Crippen LogP contribution in [0.3, 0.4) is 0 Å². The van der Waals surface area contributed by atoms with Gasteiger partial charge in [-0.2, -0.15) is 5.10 Å². The first kappa shape index (κ1) is 8.07. The van der Waals surface area contributed by atoms with Gasteiger partial charge in [-0.25, -0.2) is 4.68 Å². The highest BCUT2D eigenvalue weighted by atomic mass is 16.3. The van der Waals surface area contributed by atoms with Crippen LogP contribution in [0.25, 0.3) is 5.88 Å². The number of aromatic nitrogens is 2. The van der Waals surface area contributed by atoms with Crippen molar-refractivity contribution in [3.63, 3.8) is 0 Å². The Labute approximate surface area is 75.4 Å². The molecule has 0 atom stereocenters. The summed E-state index contributed by atoms with van der Waals surface area (Å²) in [6.07, 6.45) is 1.59. The minimum Gasteiger partial charge on any atom is -0.447 e. The minimum atomic E-state index is -0.0471. The van der Waals surface area contributed by atoms with Crippen molar-refractivity contribution in [1.29, 1.82) is 0 Å². The van der Waals surface area contributed by atoms with Crippen molar-refractivity contribution in [3.8, 4) is 5.88 Å². The molecule has 2 aromatic rings. The fraction of sp³-hybridized carbons (Fsp3) is 0.222. The molecule has 0 saturated carbocycles. The molecule has 0 unspecified atom stereocenters. The van der Waals surface area contributed by atoms with E-state index in [9.17, 15) is 0 Å². The van der Waals surface area contributed by atoms with Gasteiger partial charge in [0.05, 0.1) is 18.6 Å². The molecule has 0 radical (unpaired) electrons. The second-order valence-corrected chi connectivity index (χ2v) is 2.80. The minimum absolute atomic E-state index is 0.0471. The van der Waals surface area contributed by atoms with E-state index >= 15 is 0 Å². The predicted octanol–water partition coefficient (Wildman–Crippen LogP) is 1.27. The molecule has 13 heavy (non-hydrogen) atoms. The lowest BCUT2D eigenvalue weighted by atomic mass is 10.4. The number of aliphatic hydroxyl groups is 1. The molecule has 0 amide bonds. The summed E-state index contributed by atoms with van der Waals surface area (Å²) >= 11 is 0. The van der Waals surface area contributed by atoms with Crippen LogP contribution in [0.1, 0.15) is 11.4 Å². The van der Waals surface area contributed by atoms with E-state index in [0.29, 0.717) is 11.6 Å². The largest absolute Gasteiger partial charge is 0.447 e. The van der Waals surface area contributed by atoms with E-state index in [1.54, 1.807) is 17.0 Å². The smallest absolute Gasteiger partial charge is 0.219 e. The molecule has 0 aliphatic heterocycles. The Balaban J connectivity index is 2.46. The fourth-order valence-corrected chi connectivity index (χ4v) is 1.23. The monoisotopic (exact) mass is 178 g/mol. The van der Waals surface area contributed by atoms with Gasteiger partial charge >= 0.3 is 0 Å². The van der Waals surface area contributed by atoms with Crippen molar-refractivity contribution in [2.75, 3.05) is 0 Å². The Kier molecular flexibility index (Phi) is 1.90. The number of rotatable bonds is 2. The lowest BCUT2D eigenvalue weighted by Crippen LogP contribution is -1.97. The highest BCUT2D eigenvalue weighted by Gasteiger charge is 2.06. The Morgan fingerprint density at radius 3 is 3.00 bits per heavy atom. The first-order chi connectivity index (χ1) is 6.31. The molecular formula is C9H10N2O2. The van der Waals surface area contributed by atoms with Crippen LogP contribution in [0.4, 0.5) is 0 Å². The molecular weight excluding hydrogens is 168 g/mol. The molecule has 1 N–H and O–H groups in total. The molecule has 2 rings (SSSR count). The van der Waals surface area contributed by atoms with Crippen molar-refractivity contribution in [2.24, 2.45) is 0 Å². The van der Waals surface area contributed by atoms with Gasteiger partial charge in [-0.15, -0.1) is 0 Å². The Morgan fingerprint density at radius 2 is 2.46 bits per heavy atom. The molecule has 2 heterocycles. The van der Waals surface area contributed by atoms with Crippen LogP contribution < -0.4 is 0 Å². The summed E-state index contributed by atoms with van der Waals surface area (Å²) in [6.45, 7) is 1.86. The van der Waals surface area contributed by atoms with Gasteiger partial charge in [-0.3, -0.25) is 0 Å². The number of hydrogen-bond donors (Lipinski definition) is 1. The summed E-state index contributed by atoms with van der Waals surface area (Å²) in [7, 11) is 0. The maximum absolute atomic E-state index is 8.87. The molecule has 0 aliphatic carbocycles. The summed E-state index contributed by atoms with van der Waals surface area (Å²) in [5.74, 6) is 0.664. The van der Waals surface area contributed by atoms with E-state index in [1.165, 1.54) is 0 Å². The third kappa shape index (κ3) is 1.36. The second kappa shape index (κ2) is 3.06. The maximum atomic E-state index is 8.87. The molecule has 0 saturated heterocycles. The SMILES string of the molecule is Cc1cc(CO)nn1-c1ccco1. The Hall–Kier alpha value is -1.55. The average Bonchev–Trinajstić information content (AvgIpc) is 2.72. The van der Waals surface area contributed by atoms with Gasteiger partial charge in [-0.05, 0) is 19.1 Å². The zero-order valence-corrected chi connectivity index (χ0v) is 7.27. The van der Waals surface area contributed by atoms with E-state index in [4.69, 9.17) is 9.52 Å². The molecule has 4 heteroatoms. The molecule has 4 nitrogen and oxygen atoms in total. The fourth-order valence-electron chi connectivity index (χ4n) is 1.23. The van der Waals surface area contributed by atoms with Gasteiger partial charge in [0.25, 0.3) is 0 Å². The summed E-state index contributed by atoms with van der Waals surface area (Å²) in [6, 6.07) is 5.44. The highest BCUT2D eigenvalue weighted by molar-refractivity contribution is 5.22. The van der Waals surface area contributed by atoms with Gasteiger partial charge < -0.3 is 9.52 Å². The topological polar surface area (TPSA) is 51.2 Å². The predicted molar refractivity (Wildman–Crippen MR) is 46.5 cm³/mol. The standard InChI is InChI=1S/C9H10N2O2/c1-7-5-8(6-12)10-11(7)9-3-2-4-13-9/h2-5,12H,6H2,1H3. The summed E-state index contributed by atoms with van der Waals surface area (Å²) in [5.41, 5.74) is 1.59. The third-order valence-electron chi connectivity index (χ3n) is 1.81. The molecule has 0 fully saturated rings. The van der Waals surface area contributed by atoms with Crippen molar-refractivity contribution in [1.82, 2.24) is 9.78 Å². The number of hydrogen-bond acceptors (Lipinski definition) is 3. The maximum Gasteiger partial charge on any atom is 0.219 e. The number of nitrogens with zero attached hydrogens (tertiary/aromatic N) is 2. The summed E-state index contributed by atoms with van der Waals surface area (Å²) < 4.78 is 6.84. The second-order valence-electron chi connectivity index (χ2n) is 2.80. The van der Waals surface area contributed by atoms with E-state index < -0.39 is 0 Å². The molecule has 0 bridgehead atoms. The van der Waals surface area contributed by atoms with Crippen molar-refractivity contribution in [3.05, 3.63) is 35.9 Å². The number of aliphatic hydroxyl groups excluding tert-OH is 1. The van der Waals surface area contributed by atoms with E-state index in [-0.39, 0.29) is 6.61 Å². The normalized spacial score (nSPS) is 10.6. The first-order valence-corrected chi connectivity index (χ1v) is 4.01. The lowest BCUT2D eigenvalue weighted by Gasteiger charge is -1.97. The van der Waals surface area contributed by atoms with E-state index in [0.717, 1.165) is 5.69 Å².